The summed E-state index contributed by atoms with van der Waals surface area (Å²) in [5.74, 6) is -4.05. The number of hydrogen-bond acceptors (Lipinski definition) is 4. The van der Waals surface area contributed by atoms with Crippen molar-refractivity contribution in [2.75, 3.05) is 39.3 Å². The quantitative estimate of drug-likeness (QED) is 0.818. The Morgan fingerprint density at radius 2 is 1.71 bits per heavy atom. The molecule has 0 aliphatic carbocycles. The molecular weight excluding hydrogens is 307 g/mol. The van der Waals surface area contributed by atoms with Gasteiger partial charge < -0.3 is 5.32 Å². The minimum Gasteiger partial charge on any atom is -0.314 e. The fraction of sp³-hybridized carbons (Fsp3) is 0.500. The molecule has 0 spiro atoms. The van der Waals surface area contributed by atoms with Crippen LogP contribution in [0.1, 0.15) is 0 Å². The molecule has 0 radical (unpaired) electrons. The molecule has 1 aliphatic rings. The van der Waals surface area contributed by atoms with Crippen LogP contribution in [0.3, 0.4) is 0 Å². The molecule has 1 aromatic rings. The second-order valence-corrected chi connectivity index (χ2v) is 6.39. The Morgan fingerprint density at radius 1 is 1.14 bits per heavy atom. The lowest BCUT2D eigenvalue weighted by Crippen LogP contribution is -2.46. The van der Waals surface area contributed by atoms with E-state index in [0.717, 1.165) is 26.2 Å². The minimum absolute atomic E-state index is 0.0264. The Balaban J connectivity index is 2.01. The van der Waals surface area contributed by atoms with Crippen molar-refractivity contribution in [3.63, 3.8) is 0 Å². The highest BCUT2D eigenvalue weighted by Gasteiger charge is 2.25. The Morgan fingerprint density at radius 3 is 2.29 bits per heavy atom. The highest BCUT2D eigenvalue weighted by atomic mass is 32.2. The summed E-state index contributed by atoms with van der Waals surface area (Å²) < 4.78 is 65.6. The smallest absolute Gasteiger partial charge is 0.246 e. The predicted octanol–water partition coefficient (Wildman–Crippen LogP) is 0.287. The maximum absolute atomic E-state index is 13.5. The number of piperazine rings is 1. The van der Waals surface area contributed by atoms with E-state index in [1.807, 2.05) is 4.90 Å². The van der Waals surface area contributed by atoms with Crippen molar-refractivity contribution >= 4 is 10.0 Å². The van der Waals surface area contributed by atoms with E-state index in [9.17, 15) is 21.6 Å². The zero-order valence-corrected chi connectivity index (χ0v) is 12.0. The van der Waals surface area contributed by atoms with Crippen molar-refractivity contribution in [2.24, 2.45) is 0 Å². The summed E-state index contributed by atoms with van der Waals surface area (Å²) >= 11 is 0. The number of sulfonamides is 1. The number of benzene rings is 1. The lowest BCUT2D eigenvalue weighted by atomic mass is 10.3. The molecule has 1 heterocycles. The summed E-state index contributed by atoms with van der Waals surface area (Å²) in [6.07, 6.45) is 0. The lowest BCUT2D eigenvalue weighted by molar-refractivity contribution is 0.245. The maximum Gasteiger partial charge on any atom is 0.246 e. The first-order chi connectivity index (χ1) is 9.90. The summed E-state index contributed by atoms with van der Waals surface area (Å²) in [6.45, 7) is 3.65. The molecule has 9 heteroatoms. The Kier molecular flexibility index (Phi) is 5.20. The number of hydrogen-bond donors (Lipinski definition) is 2. The normalized spacial score (nSPS) is 17.1. The third-order valence-corrected chi connectivity index (χ3v) is 4.67. The van der Waals surface area contributed by atoms with Gasteiger partial charge >= 0.3 is 0 Å². The summed E-state index contributed by atoms with van der Waals surface area (Å²) in [6, 6.07) is 0.682. The highest BCUT2D eigenvalue weighted by Crippen LogP contribution is 2.19. The van der Waals surface area contributed by atoms with Gasteiger partial charge in [-0.05, 0) is 0 Å². The van der Waals surface area contributed by atoms with Crippen molar-refractivity contribution in [3.8, 4) is 0 Å². The van der Waals surface area contributed by atoms with Gasteiger partial charge in [0, 0.05) is 51.4 Å². The molecule has 2 rings (SSSR count). The van der Waals surface area contributed by atoms with Crippen LogP contribution in [-0.2, 0) is 10.0 Å². The second-order valence-electron chi connectivity index (χ2n) is 4.69. The SMILES string of the molecule is O=S(=O)(NCCN1CCNCC1)c1c(F)cc(F)cc1F. The summed E-state index contributed by atoms with van der Waals surface area (Å²) in [7, 11) is -4.35. The molecule has 1 aromatic carbocycles. The molecule has 1 saturated heterocycles. The van der Waals surface area contributed by atoms with Crippen molar-refractivity contribution in [1.29, 1.82) is 0 Å². The molecule has 0 bridgehead atoms. The molecule has 2 N–H and O–H groups in total. The Bertz CT molecular complexity index is 581. The molecule has 0 amide bonds. The average molecular weight is 323 g/mol. The van der Waals surface area contributed by atoms with Gasteiger partial charge in [0.15, 0.2) is 4.90 Å². The Labute approximate surface area is 121 Å². The molecule has 0 atom stereocenters. The average Bonchev–Trinajstić information content (AvgIpc) is 2.38. The van der Waals surface area contributed by atoms with Crippen LogP contribution in [0.25, 0.3) is 0 Å². The summed E-state index contributed by atoms with van der Waals surface area (Å²) in [5, 5.41) is 3.15. The Hall–Kier alpha value is -1.16. The van der Waals surface area contributed by atoms with Crippen LogP contribution in [0, 0.1) is 17.5 Å². The zero-order chi connectivity index (χ0) is 15.5. The summed E-state index contributed by atoms with van der Waals surface area (Å²) in [4.78, 5) is 0.875. The fourth-order valence-corrected chi connectivity index (χ4v) is 3.27. The van der Waals surface area contributed by atoms with Gasteiger partial charge in [0.1, 0.15) is 17.5 Å². The van der Waals surface area contributed by atoms with Gasteiger partial charge in [-0.15, -0.1) is 0 Å². The molecule has 1 fully saturated rings. The van der Waals surface area contributed by atoms with E-state index in [0.29, 0.717) is 18.7 Å². The van der Waals surface area contributed by atoms with Gasteiger partial charge in [0.25, 0.3) is 0 Å². The first-order valence-electron chi connectivity index (χ1n) is 6.47. The van der Waals surface area contributed by atoms with E-state index in [1.54, 1.807) is 0 Å². The largest absolute Gasteiger partial charge is 0.314 e. The van der Waals surface area contributed by atoms with Crippen LogP contribution in [0.5, 0.6) is 0 Å². The van der Waals surface area contributed by atoms with Crippen LogP contribution < -0.4 is 10.0 Å². The van der Waals surface area contributed by atoms with Gasteiger partial charge in [-0.3, -0.25) is 4.90 Å². The van der Waals surface area contributed by atoms with Crippen molar-refractivity contribution in [2.45, 2.75) is 4.90 Å². The standard InChI is InChI=1S/C12H16F3N3O2S/c13-9-7-10(14)12(11(15)8-9)21(19,20)17-3-6-18-4-1-16-2-5-18/h7-8,16-17H,1-6H2. The molecule has 5 nitrogen and oxygen atoms in total. The van der Waals surface area contributed by atoms with Gasteiger partial charge in [0.05, 0.1) is 0 Å². The highest BCUT2D eigenvalue weighted by molar-refractivity contribution is 7.89. The van der Waals surface area contributed by atoms with Crippen LogP contribution in [-0.4, -0.2) is 52.6 Å². The van der Waals surface area contributed by atoms with Crippen molar-refractivity contribution in [1.82, 2.24) is 14.9 Å². The van der Waals surface area contributed by atoms with Gasteiger partial charge in [-0.1, -0.05) is 0 Å². The van der Waals surface area contributed by atoms with Crippen molar-refractivity contribution < 1.29 is 21.6 Å². The number of nitrogens with zero attached hydrogens (tertiary/aromatic N) is 1. The predicted molar refractivity (Wildman–Crippen MR) is 70.8 cm³/mol. The van der Waals surface area contributed by atoms with Crippen LogP contribution in [0.4, 0.5) is 13.2 Å². The van der Waals surface area contributed by atoms with E-state index in [-0.39, 0.29) is 6.54 Å². The third kappa shape index (κ3) is 4.16. The maximum atomic E-state index is 13.5. The van der Waals surface area contributed by atoms with E-state index >= 15 is 0 Å². The van der Waals surface area contributed by atoms with E-state index < -0.39 is 32.4 Å². The molecule has 118 valence electrons. The van der Waals surface area contributed by atoms with Gasteiger partial charge in [-0.2, -0.15) is 0 Å². The molecular formula is C12H16F3N3O2S. The van der Waals surface area contributed by atoms with Crippen LogP contribution >= 0.6 is 0 Å². The molecule has 21 heavy (non-hydrogen) atoms. The first-order valence-corrected chi connectivity index (χ1v) is 7.96. The topological polar surface area (TPSA) is 61.4 Å². The molecule has 0 aromatic heterocycles. The van der Waals surface area contributed by atoms with E-state index in [4.69, 9.17) is 0 Å². The van der Waals surface area contributed by atoms with Crippen LogP contribution in [0.15, 0.2) is 17.0 Å². The molecule has 0 unspecified atom stereocenters. The first kappa shape index (κ1) is 16.2. The lowest BCUT2D eigenvalue weighted by Gasteiger charge is -2.27. The van der Waals surface area contributed by atoms with Crippen LogP contribution in [0.2, 0.25) is 0 Å². The number of halogens is 3. The van der Waals surface area contributed by atoms with E-state index in [1.165, 1.54) is 0 Å². The van der Waals surface area contributed by atoms with Gasteiger partial charge in [0.2, 0.25) is 10.0 Å². The van der Waals surface area contributed by atoms with E-state index in [2.05, 4.69) is 10.0 Å². The molecule has 0 saturated carbocycles. The second kappa shape index (κ2) is 6.73. The third-order valence-electron chi connectivity index (χ3n) is 3.16. The number of rotatable bonds is 5. The monoisotopic (exact) mass is 323 g/mol. The number of nitrogens with one attached hydrogen (secondary N) is 2. The zero-order valence-electron chi connectivity index (χ0n) is 11.2. The van der Waals surface area contributed by atoms with Gasteiger partial charge in [-0.25, -0.2) is 26.3 Å². The minimum atomic E-state index is -4.35. The fourth-order valence-electron chi connectivity index (χ4n) is 2.13. The molecule has 1 aliphatic heterocycles. The van der Waals surface area contributed by atoms with Crippen molar-refractivity contribution in [3.05, 3.63) is 29.6 Å². The summed E-state index contributed by atoms with van der Waals surface area (Å²) in [5.41, 5.74) is 0.